The molecule has 0 aromatic heterocycles. The van der Waals surface area contributed by atoms with Crippen molar-refractivity contribution in [2.45, 2.75) is 37.6 Å². The summed E-state index contributed by atoms with van der Waals surface area (Å²) in [4.78, 5) is 0. The molecule has 21 heavy (non-hydrogen) atoms. The second-order valence-corrected chi connectivity index (χ2v) is 4.85. The summed E-state index contributed by atoms with van der Waals surface area (Å²) < 4.78 is 10.7. The van der Waals surface area contributed by atoms with Crippen molar-refractivity contribution in [2.24, 2.45) is 0 Å². The molecular formula is C14H21NO6. The molecule has 1 saturated heterocycles. The molecule has 1 heterocycles. The smallest absolute Gasteiger partial charge is 0.157 e. The van der Waals surface area contributed by atoms with Crippen molar-refractivity contribution in [3.05, 3.63) is 24.3 Å². The van der Waals surface area contributed by atoms with Gasteiger partial charge >= 0.3 is 0 Å². The molecule has 5 atom stereocenters. The van der Waals surface area contributed by atoms with Crippen LogP contribution < -0.4 is 10.1 Å². The minimum atomic E-state index is -1.39. The lowest BCUT2D eigenvalue weighted by Gasteiger charge is -2.40. The Hall–Kier alpha value is -1.38. The third-order valence-electron chi connectivity index (χ3n) is 3.37. The zero-order chi connectivity index (χ0) is 15.4. The highest BCUT2D eigenvalue weighted by molar-refractivity contribution is 5.47. The first-order chi connectivity index (χ1) is 10.1. The average molecular weight is 299 g/mol. The van der Waals surface area contributed by atoms with Crippen LogP contribution in [0.5, 0.6) is 5.75 Å². The maximum Gasteiger partial charge on any atom is 0.157 e. The normalized spacial score (nSPS) is 32.7. The Morgan fingerprint density at radius 3 is 2.33 bits per heavy atom. The first-order valence-electron chi connectivity index (χ1n) is 6.86. The first-order valence-corrected chi connectivity index (χ1v) is 6.86. The fourth-order valence-corrected chi connectivity index (χ4v) is 2.20. The van der Waals surface area contributed by atoms with Crippen molar-refractivity contribution in [2.75, 3.05) is 18.5 Å². The van der Waals surface area contributed by atoms with E-state index in [2.05, 4.69) is 5.32 Å². The zero-order valence-electron chi connectivity index (χ0n) is 11.7. The van der Waals surface area contributed by atoms with Gasteiger partial charge in [0, 0.05) is 5.69 Å². The van der Waals surface area contributed by atoms with Gasteiger partial charge in [-0.2, -0.15) is 0 Å². The molecule has 0 amide bonds. The van der Waals surface area contributed by atoms with Crippen LogP contribution in [0.4, 0.5) is 5.69 Å². The molecule has 1 aliphatic heterocycles. The molecule has 0 aliphatic carbocycles. The van der Waals surface area contributed by atoms with Crippen molar-refractivity contribution in [3.63, 3.8) is 0 Å². The lowest BCUT2D eigenvalue weighted by Crippen LogP contribution is -2.60. The highest BCUT2D eigenvalue weighted by atomic mass is 16.6. The third-order valence-corrected chi connectivity index (χ3v) is 3.37. The SMILES string of the molecule is CCOc1ccc(N[C@@H]2O[C@H](CO)[C@H](O)[C@@H](O)[C@@H]2O)cc1. The Balaban J connectivity index is 2.03. The number of ether oxygens (including phenoxy) is 2. The van der Waals surface area contributed by atoms with Crippen LogP contribution in [0.3, 0.4) is 0 Å². The quantitative estimate of drug-likeness (QED) is 0.489. The van der Waals surface area contributed by atoms with E-state index in [1.165, 1.54) is 0 Å². The Morgan fingerprint density at radius 1 is 1.10 bits per heavy atom. The number of rotatable bonds is 5. The summed E-state index contributed by atoms with van der Waals surface area (Å²) in [5, 5.41) is 41.4. The van der Waals surface area contributed by atoms with Gasteiger partial charge in [-0.05, 0) is 31.2 Å². The molecule has 5 N–H and O–H groups in total. The molecule has 0 spiro atoms. The Morgan fingerprint density at radius 2 is 1.76 bits per heavy atom. The van der Waals surface area contributed by atoms with Gasteiger partial charge in [0.25, 0.3) is 0 Å². The number of hydrogen-bond donors (Lipinski definition) is 5. The fraction of sp³-hybridized carbons (Fsp3) is 0.571. The van der Waals surface area contributed by atoms with Crippen LogP contribution in [-0.2, 0) is 4.74 Å². The van der Waals surface area contributed by atoms with Crippen LogP contribution in [0.15, 0.2) is 24.3 Å². The van der Waals surface area contributed by atoms with Gasteiger partial charge in [-0.25, -0.2) is 0 Å². The summed E-state index contributed by atoms with van der Waals surface area (Å²) >= 11 is 0. The van der Waals surface area contributed by atoms with Crippen LogP contribution in [-0.4, -0.2) is 64.3 Å². The van der Waals surface area contributed by atoms with Crippen LogP contribution in [0.1, 0.15) is 6.92 Å². The van der Waals surface area contributed by atoms with Crippen molar-refractivity contribution < 1.29 is 29.9 Å². The number of hydrogen-bond acceptors (Lipinski definition) is 7. The average Bonchev–Trinajstić information content (AvgIpc) is 2.50. The van der Waals surface area contributed by atoms with Gasteiger partial charge in [-0.15, -0.1) is 0 Å². The molecular weight excluding hydrogens is 278 g/mol. The van der Waals surface area contributed by atoms with Gasteiger partial charge < -0.3 is 35.2 Å². The Kier molecular flexibility index (Phi) is 5.38. The van der Waals surface area contributed by atoms with Crippen LogP contribution in [0.2, 0.25) is 0 Å². The van der Waals surface area contributed by atoms with Gasteiger partial charge in [0.2, 0.25) is 0 Å². The number of benzene rings is 1. The molecule has 7 nitrogen and oxygen atoms in total. The molecule has 118 valence electrons. The Labute approximate surface area is 122 Å². The van der Waals surface area contributed by atoms with Crippen LogP contribution in [0, 0.1) is 0 Å². The van der Waals surface area contributed by atoms with Gasteiger partial charge in [-0.3, -0.25) is 0 Å². The summed E-state index contributed by atoms with van der Waals surface area (Å²) in [5.74, 6) is 0.719. The predicted octanol–water partition coefficient (Wildman–Crippen LogP) is -0.703. The standard InChI is InChI=1S/C14H21NO6/c1-2-20-9-5-3-8(4-6-9)15-14-13(19)12(18)11(17)10(7-16)21-14/h3-6,10-19H,2,7H2,1H3/t10-,11+,12-,13+,14-/m1/s1. The van der Waals surface area contributed by atoms with E-state index in [1.807, 2.05) is 6.92 Å². The van der Waals surface area contributed by atoms with E-state index in [4.69, 9.17) is 14.6 Å². The summed E-state index contributed by atoms with van der Waals surface area (Å²) in [6.07, 6.45) is -5.92. The van der Waals surface area contributed by atoms with Crippen LogP contribution >= 0.6 is 0 Å². The second-order valence-electron chi connectivity index (χ2n) is 4.85. The molecule has 0 unspecified atom stereocenters. The lowest BCUT2D eigenvalue weighted by molar-refractivity contribution is -0.221. The second kappa shape index (κ2) is 7.06. The summed E-state index contributed by atoms with van der Waals surface area (Å²) in [5.41, 5.74) is 0.655. The van der Waals surface area contributed by atoms with Crippen molar-refractivity contribution in [3.8, 4) is 5.75 Å². The van der Waals surface area contributed by atoms with Crippen LogP contribution in [0.25, 0.3) is 0 Å². The molecule has 1 aromatic rings. The highest BCUT2D eigenvalue weighted by Gasteiger charge is 2.43. The molecule has 0 saturated carbocycles. The van der Waals surface area contributed by atoms with E-state index in [-0.39, 0.29) is 0 Å². The molecule has 2 rings (SSSR count). The number of aliphatic hydroxyl groups excluding tert-OH is 4. The fourth-order valence-electron chi connectivity index (χ4n) is 2.20. The van der Waals surface area contributed by atoms with Crippen molar-refractivity contribution in [1.82, 2.24) is 0 Å². The highest BCUT2D eigenvalue weighted by Crippen LogP contribution is 2.24. The van der Waals surface area contributed by atoms with Crippen molar-refractivity contribution in [1.29, 1.82) is 0 Å². The minimum absolute atomic E-state index is 0.452. The maximum absolute atomic E-state index is 9.92. The number of nitrogens with one attached hydrogen (secondary N) is 1. The van der Waals surface area contributed by atoms with Gasteiger partial charge in [-0.1, -0.05) is 0 Å². The van der Waals surface area contributed by atoms with E-state index in [9.17, 15) is 15.3 Å². The van der Waals surface area contributed by atoms with E-state index >= 15 is 0 Å². The summed E-state index contributed by atoms with van der Waals surface area (Å²) in [7, 11) is 0. The van der Waals surface area contributed by atoms with E-state index in [1.54, 1.807) is 24.3 Å². The maximum atomic E-state index is 9.92. The van der Waals surface area contributed by atoms with E-state index in [0.717, 1.165) is 5.75 Å². The molecule has 0 bridgehead atoms. The first kappa shape index (κ1) is 16.0. The van der Waals surface area contributed by atoms with Gasteiger partial charge in [0.1, 0.15) is 30.2 Å². The van der Waals surface area contributed by atoms with E-state index in [0.29, 0.717) is 12.3 Å². The lowest BCUT2D eigenvalue weighted by atomic mass is 9.98. The topological polar surface area (TPSA) is 111 Å². The van der Waals surface area contributed by atoms with Crippen molar-refractivity contribution >= 4 is 5.69 Å². The van der Waals surface area contributed by atoms with E-state index < -0.39 is 37.3 Å². The van der Waals surface area contributed by atoms with Gasteiger partial charge in [0.15, 0.2) is 6.23 Å². The van der Waals surface area contributed by atoms with Gasteiger partial charge in [0.05, 0.1) is 13.2 Å². The monoisotopic (exact) mass is 299 g/mol. The molecule has 1 fully saturated rings. The Bertz CT molecular complexity index is 438. The molecule has 1 aliphatic rings. The number of aliphatic hydroxyl groups is 4. The third kappa shape index (κ3) is 3.63. The summed E-state index contributed by atoms with van der Waals surface area (Å²) in [6, 6.07) is 7.00. The zero-order valence-corrected chi connectivity index (χ0v) is 11.7. The summed E-state index contributed by atoms with van der Waals surface area (Å²) in [6.45, 7) is 2.01. The molecule has 1 aromatic carbocycles. The minimum Gasteiger partial charge on any atom is -0.494 e. The molecule has 7 heteroatoms. The largest absolute Gasteiger partial charge is 0.494 e. The molecule has 0 radical (unpaired) electrons. The number of anilines is 1. The predicted molar refractivity (Wildman–Crippen MR) is 75.0 cm³/mol.